The van der Waals surface area contributed by atoms with Gasteiger partial charge in [0.05, 0.1) is 5.56 Å². The smallest absolute Gasteiger partial charge is 0.407 e. The number of hydrogen-bond acceptors (Lipinski definition) is 4. The molecule has 1 aliphatic rings. The van der Waals surface area contributed by atoms with Crippen molar-refractivity contribution < 1.29 is 24.2 Å². The van der Waals surface area contributed by atoms with Crippen LogP contribution in [0.4, 0.5) is 10.5 Å². The van der Waals surface area contributed by atoms with Crippen molar-refractivity contribution >= 4 is 23.7 Å². The van der Waals surface area contributed by atoms with Gasteiger partial charge in [-0.1, -0.05) is 54.6 Å². The highest BCUT2D eigenvalue weighted by Crippen LogP contribution is 2.44. The molecule has 0 saturated carbocycles. The summed E-state index contributed by atoms with van der Waals surface area (Å²) in [6.45, 7) is 3.83. The Morgan fingerprint density at radius 3 is 2.11 bits per heavy atom. The van der Waals surface area contributed by atoms with Crippen molar-refractivity contribution in [3.63, 3.8) is 0 Å². The van der Waals surface area contributed by atoms with Crippen LogP contribution in [-0.4, -0.2) is 35.7 Å². The molecule has 4 rings (SSSR count). The van der Waals surface area contributed by atoms with Gasteiger partial charge in [0, 0.05) is 11.6 Å². The second-order valence-electron chi connectivity index (χ2n) is 8.26. The van der Waals surface area contributed by atoms with Gasteiger partial charge in [-0.25, -0.2) is 9.59 Å². The number of carboxylic acids is 1. The molecule has 0 radical (unpaired) electrons. The van der Waals surface area contributed by atoms with E-state index in [2.05, 4.69) is 29.3 Å². The van der Waals surface area contributed by atoms with E-state index in [0.717, 1.165) is 22.3 Å². The van der Waals surface area contributed by atoms with Crippen LogP contribution in [0.3, 0.4) is 0 Å². The minimum absolute atomic E-state index is 0.0821. The summed E-state index contributed by atoms with van der Waals surface area (Å²) in [5.74, 6) is -1.56. The van der Waals surface area contributed by atoms with Crippen LogP contribution < -0.4 is 10.6 Å². The van der Waals surface area contributed by atoms with Crippen molar-refractivity contribution in [2.45, 2.75) is 24.8 Å². The molecule has 0 bridgehead atoms. The molecule has 1 atom stereocenters. The van der Waals surface area contributed by atoms with Gasteiger partial charge in [-0.3, -0.25) is 4.79 Å². The second-order valence-corrected chi connectivity index (χ2v) is 8.26. The molecule has 1 aliphatic carbocycles. The molecule has 2 amide bonds. The molecule has 35 heavy (non-hydrogen) atoms. The Morgan fingerprint density at radius 2 is 1.54 bits per heavy atom. The van der Waals surface area contributed by atoms with E-state index < -0.39 is 24.0 Å². The highest BCUT2D eigenvalue weighted by atomic mass is 16.5. The van der Waals surface area contributed by atoms with Gasteiger partial charge in [0.15, 0.2) is 0 Å². The zero-order valence-corrected chi connectivity index (χ0v) is 19.1. The fourth-order valence-corrected chi connectivity index (χ4v) is 4.26. The van der Waals surface area contributed by atoms with Crippen LogP contribution in [-0.2, 0) is 9.53 Å². The highest BCUT2D eigenvalue weighted by Gasteiger charge is 2.29. The SMILES string of the molecule is C=CCCC(NC(=O)OCC1c2ccccc2-c2ccccc21)C(=O)Nc1ccc(C(=O)O)cc1. The summed E-state index contributed by atoms with van der Waals surface area (Å²) in [6.07, 6.45) is 1.84. The molecule has 0 fully saturated rings. The predicted molar refractivity (Wildman–Crippen MR) is 133 cm³/mol. The lowest BCUT2D eigenvalue weighted by atomic mass is 9.98. The average molecular weight is 471 g/mol. The first kappa shape index (κ1) is 23.8. The molecule has 0 aromatic heterocycles. The number of allylic oxidation sites excluding steroid dienone is 1. The third-order valence-electron chi connectivity index (χ3n) is 6.01. The normalized spacial score (nSPS) is 12.7. The van der Waals surface area contributed by atoms with Crippen LogP contribution >= 0.6 is 0 Å². The number of carbonyl (C=O) groups is 3. The van der Waals surface area contributed by atoms with Gasteiger partial charge in [-0.15, -0.1) is 6.58 Å². The number of anilines is 1. The topological polar surface area (TPSA) is 105 Å². The highest BCUT2D eigenvalue weighted by molar-refractivity contribution is 5.97. The zero-order chi connectivity index (χ0) is 24.8. The quantitative estimate of drug-likeness (QED) is 0.373. The van der Waals surface area contributed by atoms with E-state index >= 15 is 0 Å². The van der Waals surface area contributed by atoms with E-state index in [0.29, 0.717) is 18.5 Å². The summed E-state index contributed by atoms with van der Waals surface area (Å²) in [7, 11) is 0. The van der Waals surface area contributed by atoms with Crippen molar-refractivity contribution in [1.82, 2.24) is 5.32 Å². The fraction of sp³-hybridized carbons (Fsp3) is 0.179. The number of ether oxygens (including phenoxy) is 1. The van der Waals surface area contributed by atoms with E-state index in [4.69, 9.17) is 9.84 Å². The molecule has 7 heteroatoms. The van der Waals surface area contributed by atoms with Crippen molar-refractivity contribution in [3.8, 4) is 11.1 Å². The molecule has 0 heterocycles. The van der Waals surface area contributed by atoms with Crippen LogP contribution in [0.2, 0.25) is 0 Å². The summed E-state index contributed by atoms with van der Waals surface area (Å²) < 4.78 is 5.57. The molecule has 3 N–H and O–H groups in total. The number of carboxylic acid groups (broad SMARTS) is 1. The number of nitrogens with one attached hydrogen (secondary N) is 2. The Hall–Kier alpha value is -4.39. The summed E-state index contributed by atoms with van der Waals surface area (Å²) in [6, 6.07) is 21.1. The van der Waals surface area contributed by atoms with Gasteiger partial charge in [-0.2, -0.15) is 0 Å². The van der Waals surface area contributed by atoms with E-state index in [9.17, 15) is 14.4 Å². The maximum Gasteiger partial charge on any atom is 0.407 e. The van der Waals surface area contributed by atoms with Crippen LogP contribution in [0.15, 0.2) is 85.5 Å². The molecule has 0 aliphatic heterocycles. The lowest BCUT2D eigenvalue weighted by Gasteiger charge is -2.19. The largest absolute Gasteiger partial charge is 0.478 e. The molecule has 0 spiro atoms. The third kappa shape index (κ3) is 5.41. The van der Waals surface area contributed by atoms with E-state index in [-0.39, 0.29) is 18.1 Å². The third-order valence-corrected chi connectivity index (χ3v) is 6.01. The summed E-state index contributed by atoms with van der Waals surface area (Å²) >= 11 is 0. The van der Waals surface area contributed by atoms with Crippen molar-refractivity contribution in [1.29, 1.82) is 0 Å². The van der Waals surface area contributed by atoms with E-state index in [1.54, 1.807) is 6.08 Å². The first-order valence-electron chi connectivity index (χ1n) is 11.3. The summed E-state index contributed by atoms with van der Waals surface area (Å²) in [4.78, 5) is 36.5. The first-order chi connectivity index (χ1) is 17.0. The number of aromatic carboxylic acids is 1. The standard InChI is InChI=1S/C28H26N2O5/c1-2-3-12-25(26(31)29-19-15-13-18(14-16-19)27(32)33)30-28(34)35-17-24-22-10-6-4-8-20(22)21-9-5-7-11-23(21)24/h2,4-11,13-16,24-25H,1,3,12,17H2,(H,29,31)(H,30,34)(H,32,33). The number of carbonyl (C=O) groups excluding carboxylic acids is 2. The number of alkyl carbamates (subject to hydrolysis) is 1. The monoisotopic (exact) mass is 470 g/mol. The number of rotatable bonds is 9. The lowest BCUT2D eigenvalue weighted by Crippen LogP contribution is -2.44. The molecule has 0 saturated heterocycles. The van der Waals surface area contributed by atoms with E-state index in [1.807, 2.05) is 36.4 Å². The van der Waals surface area contributed by atoms with Crippen LogP contribution in [0.1, 0.15) is 40.2 Å². The number of benzene rings is 3. The minimum atomic E-state index is -1.05. The van der Waals surface area contributed by atoms with Crippen molar-refractivity contribution in [2.75, 3.05) is 11.9 Å². The average Bonchev–Trinajstić information content (AvgIpc) is 3.19. The molecule has 1 unspecified atom stereocenters. The Morgan fingerprint density at radius 1 is 0.943 bits per heavy atom. The minimum Gasteiger partial charge on any atom is -0.478 e. The van der Waals surface area contributed by atoms with Gasteiger partial charge >= 0.3 is 12.1 Å². The number of amides is 2. The molecular weight excluding hydrogens is 444 g/mol. The van der Waals surface area contributed by atoms with E-state index in [1.165, 1.54) is 24.3 Å². The molecule has 178 valence electrons. The Balaban J connectivity index is 1.40. The maximum absolute atomic E-state index is 12.8. The summed E-state index contributed by atoms with van der Waals surface area (Å²) in [5.41, 5.74) is 5.02. The Bertz CT molecular complexity index is 1210. The molecule has 7 nitrogen and oxygen atoms in total. The Labute approximate surface area is 203 Å². The van der Waals surface area contributed by atoms with Crippen LogP contribution in [0.25, 0.3) is 11.1 Å². The fourth-order valence-electron chi connectivity index (χ4n) is 4.26. The molecular formula is C28H26N2O5. The zero-order valence-electron chi connectivity index (χ0n) is 19.1. The lowest BCUT2D eigenvalue weighted by molar-refractivity contribution is -0.118. The van der Waals surface area contributed by atoms with Gasteiger partial charge in [0.2, 0.25) is 5.91 Å². The summed E-state index contributed by atoms with van der Waals surface area (Å²) in [5, 5.41) is 14.4. The van der Waals surface area contributed by atoms with Crippen molar-refractivity contribution in [2.24, 2.45) is 0 Å². The molecule has 3 aromatic rings. The predicted octanol–water partition coefficient (Wildman–Crippen LogP) is 5.20. The van der Waals surface area contributed by atoms with Crippen LogP contribution in [0.5, 0.6) is 0 Å². The van der Waals surface area contributed by atoms with Gasteiger partial charge < -0.3 is 20.5 Å². The second kappa shape index (κ2) is 10.7. The van der Waals surface area contributed by atoms with Gasteiger partial charge in [0.1, 0.15) is 12.6 Å². The number of fused-ring (bicyclic) bond motifs is 3. The van der Waals surface area contributed by atoms with Gasteiger partial charge in [-0.05, 0) is 59.4 Å². The van der Waals surface area contributed by atoms with Crippen molar-refractivity contribution in [3.05, 3.63) is 102 Å². The maximum atomic E-state index is 12.8. The first-order valence-corrected chi connectivity index (χ1v) is 11.3. The van der Waals surface area contributed by atoms with Crippen LogP contribution in [0, 0.1) is 0 Å². The van der Waals surface area contributed by atoms with Gasteiger partial charge in [0.25, 0.3) is 0 Å². The Kier molecular flexibility index (Phi) is 7.26. The number of hydrogen-bond donors (Lipinski definition) is 3. The molecule has 3 aromatic carbocycles.